The van der Waals surface area contributed by atoms with Crippen molar-refractivity contribution in [1.29, 1.82) is 0 Å². The Hall–Kier alpha value is -0.950. The van der Waals surface area contributed by atoms with E-state index in [4.69, 9.17) is 9.57 Å². The lowest BCUT2D eigenvalue weighted by Gasteiger charge is -2.06. The van der Waals surface area contributed by atoms with E-state index in [0.717, 1.165) is 5.56 Å². The average molecular weight is 259 g/mol. The summed E-state index contributed by atoms with van der Waals surface area (Å²) in [6, 6.07) is 9.34. The van der Waals surface area contributed by atoms with Crippen molar-refractivity contribution in [2.24, 2.45) is 0 Å². The fraction of sp³-hybridized carbons (Fsp3) is 0.455. The van der Waals surface area contributed by atoms with Crippen molar-refractivity contribution >= 4 is 10.0 Å². The van der Waals surface area contributed by atoms with Gasteiger partial charge < -0.3 is 4.74 Å². The van der Waals surface area contributed by atoms with Gasteiger partial charge in [0.05, 0.1) is 12.4 Å². The normalized spacial score (nSPS) is 11.6. The second-order valence-electron chi connectivity index (χ2n) is 3.52. The molecule has 1 N–H and O–H groups in total. The second-order valence-corrected chi connectivity index (χ2v) is 5.33. The number of sulfonamides is 1. The quantitative estimate of drug-likeness (QED) is 0.560. The third kappa shape index (κ3) is 6.38. The third-order valence-corrected chi connectivity index (χ3v) is 3.23. The predicted octanol–water partition coefficient (Wildman–Crippen LogP) is 1.07. The van der Waals surface area contributed by atoms with E-state index < -0.39 is 10.0 Å². The van der Waals surface area contributed by atoms with Gasteiger partial charge in [0.25, 0.3) is 0 Å². The summed E-state index contributed by atoms with van der Waals surface area (Å²) in [4.78, 5) is 7.02. The minimum Gasteiger partial charge on any atom is -0.385 e. The molecule has 0 spiro atoms. The van der Waals surface area contributed by atoms with Gasteiger partial charge in [-0.15, -0.1) is 0 Å². The fourth-order valence-electron chi connectivity index (χ4n) is 1.21. The molecule has 1 aromatic rings. The minimum atomic E-state index is -3.38. The Balaban J connectivity index is 2.26. The molecule has 0 saturated carbocycles. The lowest BCUT2D eigenvalue weighted by atomic mass is 10.2. The van der Waals surface area contributed by atoms with Gasteiger partial charge in [0.1, 0.15) is 0 Å². The van der Waals surface area contributed by atoms with Gasteiger partial charge in [-0.05, 0) is 12.0 Å². The molecule has 6 heteroatoms. The molecule has 0 radical (unpaired) electrons. The first-order chi connectivity index (χ1) is 8.14. The molecule has 0 aliphatic heterocycles. The number of hydrogen-bond acceptors (Lipinski definition) is 4. The van der Waals surface area contributed by atoms with E-state index in [2.05, 4.69) is 4.89 Å². The maximum Gasteiger partial charge on any atom is 0.233 e. The summed E-state index contributed by atoms with van der Waals surface area (Å²) >= 11 is 0. The maximum atomic E-state index is 11.4. The Morgan fingerprint density at radius 2 is 1.94 bits per heavy atom. The largest absolute Gasteiger partial charge is 0.385 e. The summed E-state index contributed by atoms with van der Waals surface area (Å²) in [5.41, 5.74) is 0.909. The van der Waals surface area contributed by atoms with Crippen LogP contribution < -0.4 is 4.89 Å². The smallest absolute Gasteiger partial charge is 0.233 e. The molecular weight excluding hydrogens is 242 g/mol. The van der Waals surface area contributed by atoms with Gasteiger partial charge in [0.15, 0.2) is 0 Å². The van der Waals surface area contributed by atoms with E-state index in [1.54, 1.807) is 0 Å². The first kappa shape index (κ1) is 14.1. The van der Waals surface area contributed by atoms with E-state index >= 15 is 0 Å². The number of rotatable bonds is 8. The van der Waals surface area contributed by atoms with Crippen molar-refractivity contribution in [1.82, 2.24) is 4.89 Å². The predicted molar refractivity (Wildman–Crippen MR) is 64.6 cm³/mol. The number of benzene rings is 1. The topological polar surface area (TPSA) is 64.6 Å². The molecule has 1 rings (SSSR count). The van der Waals surface area contributed by atoms with Gasteiger partial charge in [0, 0.05) is 13.7 Å². The molecule has 0 amide bonds. The van der Waals surface area contributed by atoms with E-state index in [-0.39, 0.29) is 12.4 Å². The van der Waals surface area contributed by atoms with Gasteiger partial charge >= 0.3 is 0 Å². The Bertz CT molecular complexity index is 405. The number of hydrogen-bond donors (Lipinski definition) is 1. The summed E-state index contributed by atoms with van der Waals surface area (Å²) in [5.74, 6) is -0.00434. The Morgan fingerprint density at radius 3 is 2.59 bits per heavy atom. The minimum absolute atomic E-state index is 0.00434. The van der Waals surface area contributed by atoms with Crippen LogP contribution in [0.4, 0.5) is 0 Å². The summed E-state index contributed by atoms with van der Waals surface area (Å²) in [6.07, 6.45) is 0.445. The summed E-state index contributed by atoms with van der Waals surface area (Å²) in [7, 11) is -1.84. The first-order valence-corrected chi connectivity index (χ1v) is 6.93. The average Bonchev–Trinajstić information content (AvgIpc) is 2.30. The van der Waals surface area contributed by atoms with E-state index in [0.29, 0.717) is 13.0 Å². The van der Waals surface area contributed by atoms with E-state index in [9.17, 15) is 8.42 Å². The molecular formula is C11H17NO4S. The van der Waals surface area contributed by atoms with Crippen LogP contribution in [0.15, 0.2) is 30.3 Å². The van der Waals surface area contributed by atoms with Crippen molar-refractivity contribution in [2.75, 3.05) is 19.5 Å². The zero-order valence-electron chi connectivity index (χ0n) is 9.76. The van der Waals surface area contributed by atoms with Crippen LogP contribution in [0.3, 0.4) is 0 Å². The molecule has 0 unspecified atom stereocenters. The van der Waals surface area contributed by atoms with Crippen molar-refractivity contribution in [3.8, 4) is 0 Å². The molecule has 0 saturated heterocycles. The summed E-state index contributed by atoms with van der Waals surface area (Å²) in [6.45, 7) is 0.629. The Morgan fingerprint density at radius 1 is 1.24 bits per heavy atom. The number of methoxy groups -OCH3 is 1. The number of ether oxygens (including phenoxy) is 1. The molecule has 0 fully saturated rings. The number of nitrogens with one attached hydrogen (secondary N) is 1. The second kappa shape index (κ2) is 7.39. The maximum absolute atomic E-state index is 11.4. The van der Waals surface area contributed by atoms with Crippen molar-refractivity contribution in [3.05, 3.63) is 35.9 Å². The van der Waals surface area contributed by atoms with Gasteiger partial charge in [0.2, 0.25) is 10.0 Å². The van der Waals surface area contributed by atoms with E-state index in [1.165, 1.54) is 7.11 Å². The highest BCUT2D eigenvalue weighted by molar-refractivity contribution is 7.89. The van der Waals surface area contributed by atoms with Crippen LogP contribution in [0.25, 0.3) is 0 Å². The standard InChI is InChI=1S/C11H17NO4S/c1-15-8-5-9-17(13,14)12-16-10-11-6-3-2-4-7-11/h2-4,6-7,12H,5,8-10H2,1H3. The molecule has 0 aromatic heterocycles. The lowest BCUT2D eigenvalue weighted by Crippen LogP contribution is -2.27. The fourth-order valence-corrected chi connectivity index (χ4v) is 2.03. The highest BCUT2D eigenvalue weighted by atomic mass is 32.2. The van der Waals surface area contributed by atoms with Gasteiger partial charge in [-0.25, -0.2) is 8.42 Å². The van der Waals surface area contributed by atoms with Gasteiger partial charge in [-0.3, -0.25) is 4.84 Å². The molecule has 5 nitrogen and oxygen atoms in total. The van der Waals surface area contributed by atoms with Crippen LogP contribution >= 0.6 is 0 Å². The van der Waals surface area contributed by atoms with Crippen LogP contribution in [-0.2, 0) is 26.2 Å². The zero-order valence-corrected chi connectivity index (χ0v) is 10.6. The molecule has 0 aliphatic carbocycles. The molecule has 0 bridgehead atoms. The monoisotopic (exact) mass is 259 g/mol. The lowest BCUT2D eigenvalue weighted by molar-refractivity contribution is 0.0793. The van der Waals surface area contributed by atoms with Crippen LogP contribution in [-0.4, -0.2) is 27.9 Å². The Labute approximate surface area is 102 Å². The van der Waals surface area contributed by atoms with Crippen LogP contribution in [0.1, 0.15) is 12.0 Å². The zero-order chi connectivity index (χ0) is 12.6. The molecule has 0 heterocycles. The third-order valence-electron chi connectivity index (χ3n) is 2.03. The van der Waals surface area contributed by atoms with Crippen molar-refractivity contribution < 1.29 is 18.0 Å². The molecule has 0 aliphatic rings. The summed E-state index contributed by atoms with van der Waals surface area (Å²) < 4.78 is 27.6. The Kier molecular flexibility index (Phi) is 6.13. The van der Waals surface area contributed by atoms with Crippen LogP contribution in [0.5, 0.6) is 0 Å². The summed E-state index contributed by atoms with van der Waals surface area (Å²) in [5, 5.41) is 0. The van der Waals surface area contributed by atoms with E-state index in [1.807, 2.05) is 30.3 Å². The SMILES string of the molecule is COCCCS(=O)(=O)NOCc1ccccc1. The first-order valence-electron chi connectivity index (χ1n) is 5.28. The highest BCUT2D eigenvalue weighted by Gasteiger charge is 2.09. The molecule has 1 aromatic carbocycles. The van der Waals surface area contributed by atoms with Crippen molar-refractivity contribution in [2.45, 2.75) is 13.0 Å². The van der Waals surface area contributed by atoms with Crippen LogP contribution in [0.2, 0.25) is 0 Å². The molecule has 96 valence electrons. The highest BCUT2D eigenvalue weighted by Crippen LogP contribution is 2.00. The molecule has 0 atom stereocenters. The van der Waals surface area contributed by atoms with Crippen molar-refractivity contribution in [3.63, 3.8) is 0 Å². The molecule has 17 heavy (non-hydrogen) atoms. The van der Waals surface area contributed by atoms with Gasteiger partial charge in [-0.1, -0.05) is 35.2 Å². The van der Waals surface area contributed by atoms with Crippen LogP contribution in [0, 0.1) is 0 Å². The van der Waals surface area contributed by atoms with Gasteiger partial charge in [-0.2, -0.15) is 0 Å².